The summed E-state index contributed by atoms with van der Waals surface area (Å²) in [5.74, 6) is -0.542. The van der Waals surface area contributed by atoms with Crippen LogP contribution < -0.4 is 4.72 Å². The summed E-state index contributed by atoms with van der Waals surface area (Å²) in [6, 6.07) is 0. The van der Waals surface area contributed by atoms with E-state index in [1.807, 2.05) is 0 Å². The van der Waals surface area contributed by atoms with Gasteiger partial charge in [0.05, 0.1) is 29.9 Å². The van der Waals surface area contributed by atoms with Crippen LogP contribution in [0.15, 0.2) is 0 Å². The molecule has 0 radical (unpaired) electrons. The first-order chi connectivity index (χ1) is 8.76. The largest absolute Gasteiger partial charge is 0.469 e. The van der Waals surface area contributed by atoms with Crippen LogP contribution >= 0.6 is 0 Å². The Morgan fingerprint density at radius 1 is 1.42 bits per heavy atom. The number of nitrogens with zero attached hydrogens (tertiary/aromatic N) is 2. The first kappa shape index (κ1) is 15.5. The van der Waals surface area contributed by atoms with Crippen LogP contribution in [0.3, 0.4) is 0 Å². The molecule has 0 aromatic carbocycles. The van der Waals surface area contributed by atoms with E-state index >= 15 is 0 Å². The Kier molecular flexibility index (Phi) is 4.93. The van der Waals surface area contributed by atoms with E-state index in [1.54, 1.807) is 25.6 Å². The van der Waals surface area contributed by atoms with E-state index in [4.69, 9.17) is 0 Å². The summed E-state index contributed by atoms with van der Waals surface area (Å²) in [7, 11) is -0.459. The van der Waals surface area contributed by atoms with Gasteiger partial charge in [0, 0.05) is 13.5 Å². The van der Waals surface area contributed by atoms with Gasteiger partial charge in [-0.2, -0.15) is 5.10 Å². The van der Waals surface area contributed by atoms with Crippen LogP contribution in [0.4, 0.5) is 5.69 Å². The van der Waals surface area contributed by atoms with Crippen molar-refractivity contribution in [3.05, 3.63) is 11.4 Å². The molecule has 1 rings (SSSR count). The monoisotopic (exact) mass is 289 g/mol. The molecule has 1 aromatic heterocycles. The number of methoxy groups -OCH3 is 1. The Bertz CT molecular complexity index is 563. The molecule has 1 heterocycles. The molecule has 0 aliphatic heterocycles. The van der Waals surface area contributed by atoms with E-state index in [1.165, 1.54) is 7.11 Å². The zero-order valence-electron chi connectivity index (χ0n) is 11.6. The maximum absolute atomic E-state index is 11.9. The fraction of sp³-hybridized carbons (Fsp3) is 0.636. The lowest BCUT2D eigenvalue weighted by Gasteiger charge is -2.08. The Hall–Kier alpha value is -1.57. The Balaban J connectivity index is 2.67. The Labute approximate surface area is 113 Å². The van der Waals surface area contributed by atoms with E-state index in [-0.39, 0.29) is 18.6 Å². The van der Waals surface area contributed by atoms with Crippen LogP contribution in [0.2, 0.25) is 0 Å². The van der Waals surface area contributed by atoms with Crippen molar-refractivity contribution in [2.45, 2.75) is 26.7 Å². The molecule has 0 unspecified atom stereocenters. The number of carbonyl (C=O) groups excluding carboxylic acids is 1. The molecule has 0 amide bonds. The number of esters is 1. The lowest BCUT2D eigenvalue weighted by Crippen LogP contribution is -2.18. The van der Waals surface area contributed by atoms with E-state index in [0.717, 1.165) is 5.69 Å². The first-order valence-corrected chi connectivity index (χ1v) is 7.49. The lowest BCUT2D eigenvalue weighted by molar-refractivity contribution is -0.140. The summed E-state index contributed by atoms with van der Waals surface area (Å²) in [5.41, 5.74) is 1.87. The summed E-state index contributed by atoms with van der Waals surface area (Å²) < 4.78 is 32.3. The molecule has 0 fully saturated rings. The number of anilines is 1. The SMILES string of the molecule is COC(=O)CCCS(=O)(=O)Nc1c(C)nn(C)c1C. The molecule has 0 aliphatic rings. The molecule has 1 N–H and O–H groups in total. The second-order valence-corrected chi connectivity index (χ2v) is 6.11. The van der Waals surface area contributed by atoms with Gasteiger partial charge >= 0.3 is 5.97 Å². The highest BCUT2D eigenvalue weighted by molar-refractivity contribution is 7.92. The van der Waals surface area contributed by atoms with Gasteiger partial charge in [0.15, 0.2) is 0 Å². The van der Waals surface area contributed by atoms with Gasteiger partial charge in [-0.25, -0.2) is 8.42 Å². The normalized spacial score (nSPS) is 11.4. The standard InChI is InChI=1S/C11H19N3O4S/c1-8-11(9(2)14(3)12-8)13-19(16,17)7-5-6-10(15)18-4/h13H,5-7H2,1-4H3. The van der Waals surface area contributed by atoms with Crippen LogP contribution in [0.1, 0.15) is 24.2 Å². The minimum atomic E-state index is -3.48. The van der Waals surface area contributed by atoms with Crippen molar-refractivity contribution < 1.29 is 17.9 Å². The minimum Gasteiger partial charge on any atom is -0.469 e. The highest BCUT2D eigenvalue weighted by atomic mass is 32.2. The molecule has 0 spiro atoms. The van der Waals surface area contributed by atoms with Crippen LogP contribution in [0, 0.1) is 13.8 Å². The van der Waals surface area contributed by atoms with Gasteiger partial charge < -0.3 is 4.74 Å². The van der Waals surface area contributed by atoms with Crippen molar-refractivity contribution in [3.8, 4) is 0 Å². The van der Waals surface area contributed by atoms with Crippen molar-refractivity contribution in [1.29, 1.82) is 0 Å². The highest BCUT2D eigenvalue weighted by Gasteiger charge is 2.17. The van der Waals surface area contributed by atoms with Crippen molar-refractivity contribution in [1.82, 2.24) is 9.78 Å². The van der Waals surface area contributed by atoms with Gasteiger partial charge in [-0.05, 0) is 20.3 Å². The number of sulfonamides is 1. The van der Waals surface area contributed by atoms with E-state index < -0.39 is 16.0 Å². The molecule has 0 saturated heterocycles. The first-order valence-electron chi connectivity index (χ1n) is 5.84. The van der Waals surface area contributed by atoms with Gasteiger partial charge in [-0.1, -0.05) is 0 Å². The molecule has 0 aliphatic carbocycles. The van der Waals surface area contributed by atoms with Gasteiger partial charge in [0.1, 0.15) is 0 Å². The molecule has 1 aromatic rings. The number of ether oxygens (including phenoxy) is 1. The third kappa shape index (κ3) is 4.23. The van der Waals surface area contributed by atoms with Crippen LogP contribution in [-0.4, -0.2) is 37.0 Å². The number of rotatable bonds is 6. The second kappa shape index (κ2) is 6.05. The average molecular weight is 289 g/mol. The molecular weight excluding hydrogens is 270 g/mol. The third-order valence-corrected chi connectivity index (χ3v) is 4.13. The number of aromatic nitrogens is 2. The second-order valence-electron chi connectivity index (χ2n) is 4.27. The van der Waals surface area contributed by atoms with Gasteiger partial charge in [0.2, 0.25) is 10.0 Å². The van der Waals surface area contributed by atoms with Crippen molar-refractivity contribution in [3.63, 3.8) is 0 Å². The van der Waals surface area contributed by atoms with Crippen molar-refractivity contribution in [2.24, 2.45) is 7.05 Å². The lowest BCUT2D eigenvalue weighted by atomic mass is 10.3. The van der Waals surface area contributed by atoms with Crippen LogP contribution in [0.25, 0.3) is 0 Å². The highest BCUT2D eigenvalue weighted by Crippen LogP contribution is 2.20. The minimum absolute atomic E-state index is 0.0857. The number of hydrogen-bond donors (Lipinski definition) is 1. The number of aryl methyl sites for hydroxylation is 2. The molecule has 0 atom stereocenters. The molecule has 8 heteroatoms. The Morgan fingerprint density at radius 2 is 2.05 bits per heavy atom. The summed E-state index contributed by atoms with van der Waals surface area (Å²) in [4.78, 5) is 10.9. The zero-order chi connectivity index (χ0) is 14.6. The number of carbonyl (C=O) groups is 1. The molecule has 108 valence electrons. The quantitative estimate of drug-likeness (QED) is 0.780. The predicted octanol–water partition coefficient (Wildman–Crippen LogP) is 0.732. The summed E-state index contributed by atoms with van der Waals surface area (Å²) in [6.07, 6.45) is 0.308. The fourth-order valence-electron chi connectivity index (χ4n) is 1.64. The maximum Gasteiger partial charge on any atom is 0.305 e. The van der Waals surface area contributed by atoms with E-state index in [2.05, 4.69) is 14.6 Å². The molecule has 0 bridgehead atoms. The Morgan fingerprint density at radius 3 is 2.53 bits per heavy atom. The summed E-state index contributed by atoms with van der Waals surface area (Å²) >= 11 is 0. The maximum atomic E-state index is 11.9. The predicted molar refractivity (Wildman–Crippen MR) is 71.3 cm³/mol. The van der Waals surface area contributed by atoms with Gasteiger partial charge in [-0.15, -0.1) is 0 Å². The topological polar surface area (TPSA) is 90.3 Å². The fourth-order valence-corrected chi connectivity index (χ4v) is 2.87. The molecule has 7 nitrogen and oxygen atoms in total. The molecule has 19 heavy (non-hydrogen) atoms. The summed E-state index contributed by atoms with van der Waals surface area (Å²) in [6.45, 7) is 3.52. The van der Waals surface area contributed by atoms with Crippen molar-refractivity contribution in [2.75, 3.05) is 17.6 Å². The molecular formula is C11H19N3O4S. The zero-order valence-corrected chi connectivity index (χ0v) is 12.4. The van der Waals surface area contributed by atoms with Gasteiger partial charge in [0.25, 0.3) is 0 Å². The van der Waals surface area contributed by atoms with Crippen molar-refractivity contribution >= 4 is 21.7 Å². The molecule has 0 saturated carbocycles. The third-order valence-electron chi connectivity index (χ3n) is 2.79. The van der Waals surface area contributed by atoms with Crippen LogP contribution in [-0.2, 0) is 26.6 Å². The smallest absolute Gasteiger partial charge is 0.305 e. The van der Waals surface area contributed by atoms with Gasteiger partial charge in [-0.3, -0.25) is 14.2 Å². The number of hydrogen-bond acceptors (Lipinski definition) is 5. The average Bonchev–Trinajstić information content (AvgIpc) is 2.55. The number of nitrogens with one attached hydrogen (secondary N) is 1. The summed E-state index contributed by atoms with van der Waals surface area (Å²) in [5, 5.41) is 4.13. The van der Waals surface area contributed by atoms with Crippen LogP contribution in [0.5, 0.6) is 0 Å². The van der Waals surface area contributed by atoms with E-state index in [0.29, 0.717) is 11.4 Å². The van der Waals surface area contributed by atoms with E-state index in [9.17, 15) is 13.2 Å².